The molecule has 0 fully saturated rings. The molecule has 0 unspecified atom stereocenters. The number of halogens is 1. The first-order valence-electron chi connectivity index (χ1n) is 9.01. The Morgan fingerprint density at radius 3 is 2.59 bits per heavy atom. The van der Waals surface area contributed by atoms with Crippen molar-refractivity contribution in [1.82, 2.24) is 4.31 Å². The van der Waals surface area contributed by atoms with Crippen LogP contribution < -0.4 is 5.32 Å². The van der Waals surface area contributed by atoms with E-state index in [1.54, 1.807) is 12.1 Å². The summed E-state index contributed by atoms with van der Waals surface area (Å²) < 4.78 is 39.1. The Kier molecular flexibility index (Phi) is 5.92. The van der Waals surface area contributed by atoms with Gasteiger partial charge in [-0.1, -0.05) is 25.1 Å². The second-order valence-corrected chi connectivity index (χ2v) is 8.82. The molecule has 0 spiro atoms. The first-order valence-corrected chi connectivity index (χ1v) is 10.6. The molecule has 7 heteroatoms. The molecule has 0 bridgehead atoms. The number of hydrogen-bond acceptors (Lipinski definition) is 3. The van der Waals surface area contributed by atoms with Crippen LogP contribution >= 0.6 is 0 Å². The van der Waals surface area contributed by atoms with Gasteiger partial charge in [0.25, 0.3) is 0 Å². The minimum absolute atomic E-state index is 0.147. The average molecular weight is 390 g/mol. The molecule has 0 radical (unpaired) electrons. The van der Waals surface area contributed by atoms with Gasteiger partial charge in [0.15, 0.2) is 0 Å². The summed E-state index contributed by atoms with van der Waals surface area (Å²) in [6.45, 7) is 2.68. The maximum atomic E-state index is 12.9. The minimum Gasteiger partial charge on any atom is -0.326 e. The molecule has 3 rings (SSSR count). The van der Waals surface area contributed by atoms with E-state index in [0.717, 1.165) is 16.7 Å². The number of nitrogens with zero attached hydrogens (tertiary/aromatic N) is 1. The monoisotopic (exact) mass is 390 g/mol. The summed E-state index contributed by atoms with van der Waals surface area (Å²) >= 11 is 0. The number of carbonyl (C=O) groups excluding carboxylic acids is 1. The predicted octanol–water partition coefficient (Wildman–Crippen LogP) is 3.10. The van der Waals surface area contributed by atoms with Crippen molar-refractivity contribution >= 4 is 21.6 Å². The van der Waals surface area contributed by atoms with E-state index in [4.69, 9.17) is 0 Å². The highest BCUT2D eigenvalue weighted by Crippen LogP contribution is 2.25. The van der Waals surface area contributed by atoms with Crippen molar-refractivity contribution in [3.63, 3.8) is 0 Å². The fraction of sp³-hybridized carbons (Fsp3) is 0.350. The van der Waals surface area contributed by atoms with Crippen LogP contribution in [0.15, 0.2) is 42.5 Å². The molecule has 2 aromatic rings. The molecule has 1 N–H and O–H groups in total. The van der Waals surface area contributed by atoms with E-state index in [1.807, 2.05) is 25.1 Å². The van der Waals surface area contributed by atoms with Gasteiger partial charge in [-0.25, -0.2) is 12.8 Å². The van der Waals surface area contributed by atoms with Crippen LogP contribution in [0.3, 0.4) is 0 Å². The van der Waals surface area contributed by atoms with Gasteiger partial charge in [-0.2, -0.15) is 4.31 Å². The van der Waals surface area contributed by atoms with E-state index in [1.165, 1.54) is 16.4 Å². The first kappa shape index (κ1) is 19.5. The maximum Gasteiger partial charge on any atom is 0.228 e. The molecule has 2 aromatic carbocycles. The lowest BCUT2D eigenvalue weighted by Gasteiger charge is -2.28. The number of rotatable bonds is 6. The molecular formula is C20H23FN2O3S. The van der Waals surface area contributed by atoms with Crippen molar-refractivity contribution < 1.29 is 17.6 Å². The Balaban J connectivity index is 1.68. The van der Waals surface area contributed by atoms with Crippen LogP contribution in [0.25, 0.3) is 0 Å². The quantitative estimate of drug-likeness (QED) is 0.824. The lowest BCUT2D eigenvalue weighted by Crippen LogP contribution is -2.37. The number of nitrogens with one attached hydrogen (secondary N) is 1. The van der Waals surface area contributed by atoms with Gasteiger partial charge in [-0.05, 0) is 53.8 Å². The van der Waals surface area contributed by atoms with Gasteiger partial charge in [0.05, 0.1) is 12.2 Å². The van der Waals surface area contributed by atoms with Crippen LogP contribution in [0, 0.1) is 5.82 Å². The highest BCUT2D eigenvalue weighted by molar-refractivity contribution is 7.89. The standard InChI is InChI=1S/C20H23FN2O3S/c1-2-11-27(25,26)23-10-9-16-5-8-19(13-17(16)14-23)22-20(24)12-15-3-6-18(21)7-4-15/h3-8,13H,2,9-12,14H2,1H3,(H,22,24). The zero-order valence-corrected chi connectivity index (χ0v) is 16.1. The first-order chi connectivity index (χ1) is 12.9. The zero-order valence-electron chi connectivity index (χ0n) is 15.2. The van der Waals surface area contributed by atoms with E-state index in [9.17, 15) is 17.6 Å². The summed E-state index contributed by atoms with van der Waals surface area (Å²) in [6, 6.07) is 11.4. The number of sulfonamides is 1. The van der Waals surface area contributed by atoms with E-state index in [-0.39, 0.29) is 23.9 Å². The van der Waals surface area contributed by atoms with Crippen molar-refractivity contribution in [2.24, 2.45) is 0 Å². The molecule has 0 saturated carbocycles. The second-order valence-electron chi connectivity index (χ2n) is 6.73. The maximum absolute atomic E-state index is 12.9. The molecule has 1 aliphatic heterocycles. The number of anilines is 1. The van der Waals surface area contributed by atoms with Gasteiger partial charge >= 0.3 is 0 Å². The van der Waals surface area contributed by atoms with Gasteiger partial charge in [0, 0.05) is 18.8 Å². The highest BCUT2D eigenvalue weighted by atomic mass is 32.2. The molecule has 1 amide bonds. The molecule has 5 nitrogen and oxygen atoms in total. The molecule has 0 aliphatic carbocycles. The van der Waals surface area contributed by atoms with Crippen molar-refractivity contribution in [2.75, 3.05) is 17.6 Å². The number of fused-ring (bicyclic) bond motifs is 1. The number of benzene rings is 2. The molecule has 0 atom stereocenters. The normalized spacial score (nSPS) is 14.6. The Bertz CT molecular complexity index is 927. The fourth-order valence-electron chi connectivity index (χ4n) is 3.23. The lowest BCUT2D eigenvalue weighted by atomic mass is 10.0. The molecule has 1 aliphatic rings. The Hall–Kier alpha value is -2.25. The van der Waals surface area contributed by atoms with Gasteiger partial charge < -0.3 is 5.32 Å². The highest BCUT2D eigenvalue weighted by Gasteiger charge is 2.26. The smallest absolute Gasteiger partial charge is 0.228 e. The fourth-order valence-corrected chi connectivity index (χ4v) is 4.71. The van der Waals surface area contributed by atoms with Crippen molar-refractivity contribution in [2.45, 2.75) is 32.7 Å². The largest absolute Gasteiger partial charge is 0.326 e. The van der Waals surface area contributed by atoms with Crippen LogP contribution in [0.2, 0.25) is 0 Å². The lowest BCUT2D eigenvalue weighted by molar-refractivity contribution is -0.115. The molecule has 0 saturated heterocycles. The van der Waals surface area contributed by atoms with E-state index in [0.29, 0.717) is 31.6 Å². The Morgan fingerprint density at radius 1 is 1.15 bits per heavy atom. The van der Waals surface area contributed by atoms with Crippen LogP contribution in [-0.4, -0.2) is 30.9 Å². The number of amides is 1. The molecular weight excluding hydrogens is 367 g/mol. The van der Waals surface area contributed by atoms with E-state index >= 15 is 0 Å². The van der Waals surface area contributed by atoms with Crippen LogP contribution in [0.4, 0.5) is 10.1 Å². The Labute approximate surface area is 159 Å². The van der Waals surface area contributed by atoms with Crippen molar-refractivity contribution in [3.8, 4) is 0 Å². The zero-order chi connectivity index (χ0) is 19.4. The van der Waals surface area contributed by atoms with Gasteiger partial charge in [0.2, 0.25) is 15.9 Å². The third-order valence-corrected chi connectivity index (χ3v) is 6.62. The third kappa shape index (κ3) is 4.93. The van der Waals surface area contributed by atoms with Crippen molar-refractivity contribution in [3.05, 3.63) is 65.0 Å². The van der Waals surface area contributed by atoms with Crippen LogP contribution in [0.1, 0.15) is 30.0 Å². The number of carbonyl (C=O) groups is 1. The van der Waals surface area contributed by atoms with Gasteiger partial charge in [-0.15, -0.1) is 0 Å². The number of hydrogen-bond donors (Lipinski definition) is 1. The topological polar surface area (TPSA) is 66.5 Å². The van der Waals surface area contributed by atoms with Gasteiger partial charge in [-0.3, -0.25) is 4.79 Å². The Morgan fingerprint density at radius 2 is 1.89 bits per heavy atom. The van der Waals surface area contributed by atoms with E-state index in [2.05, 4.69) is 5.32 Å². The average Bonchev–Trinajstić information content (AvgIpc) is 2.63. The predicted molar refractivity (Wildman–Crippen MR) is 103 cm³/mol. The van der Waals surface area contributed by atoms with Crippen LogP contribution in [-0.2, 0) is 34.2 Å². The molecule has 144 valence electrons. The minimum atomic E-state index is -3.24. The second kappa shape index (κ2) is 8.19. The summed E-state index contributed by atoms with van der Waals surface area (Å²) in [5, 5.41) is 2.83. The van der Waals surface area contributed by atoms with Crippen LogP contribution in [0.5, 0.6) is 0 Å². The molecule has 1 heterocycles. The van der Waals surface area contributed by atoms with E-state index < -0.39 is 10.0 Å². The third-order valence-electron chi connectivity index (χ3n) is 4.60. The van der Waals surface area contributed by atoms with Gasteiger partial charge in [0.1, 0.15) is 5.82 Å². The molecule has 27 heavy (non-hydrogen) atoms. The summed E-state index contributed by atoms with van der Waals surface area (Å²) in [7, 11) is -3.24. The SMILES string of the molecule is CCCS(=O)(=O)N1CCc2ccc(NC(=O)Cc3ccc(F)cc3)cc2C1. The molecule has 0 aromatic heterocycles. The van der Waals surface area contributed by atoms with Crippen molar-refractivity contribution in [1.29, 1.82) is 0 Å². The summed E-state index contributed by atoms with van der Waals surface area (Å²) in [4.78, 5) is 12.2. The summed E-state index contributed by atoms with van der Waals surface area (Å²) in [6.07, 6.45) is 1.40. The summed E-state index contributed by atoms with van der Waals surface area (Å²) in [5.41, 5.74) is 3.38. The summed E-state index contributed by atoms with van der Waals surface area (Å²) in [5.74, 6) is -0.388.